The molecular formula is C9H9N3O2. The largest absolute Gasteiger partial charge is 0.471 e. The monoisotopic (exact) mass is 191 g/mol. The summed E-state index contributed by atoms with van der Waals surface area (Å²) in [7, 11) is 0. The standard InChI is InChI=1S/C9H9N3O2/c1-3-14-9(13)8(10-2)6-12-5-4-11-7-12/h4-7H,3H2,1H3. The Kier molecular flexibility index (Phi) is 3.44. The summed E-state index contributed by atoms with van der Waals surface area (Å²) >= 11 is 0. The molecule has 1 aromatic heterocycles. The number of ether oxygens (including phenoxy) is 1. The van der Waals surface area contributed by atoms with Crippen molar-refractivity contribution in [3.63, 3.8) is 0 Å². The summed E-state index contributed by atoms with van der Waals surface area (Å²) in [5, 5.41) is 0. The van der Waals surface area contributed by atoms with E-state index in [1.165, 1.54) is 17.1 Å². The maximum atomic E-state index is 11.2. The third-order valence-electron chi connectivity index (χ3n) is 1.40. The molecular weight excluding hydrogens is 182 g/mol. The normalized spacial score (nSPS) is 10.7. The zero-order valence-electron chi connectivity index (χ0n) is 7.67. The van der Waals surface area contributed by atoms with E-state index in [2.05, 4.69) is 14.6 Å². The van der Waals surface area contributed by atoms with E-state index in [9.17, 15) is 4.79 Å². The molecule has 5 heteroatoms. The quantitative estimate of drug-likeness (QED) is 0.409. The van der Waals surface area contributed by atoms with Crippen molar-refractivity contribution in [1.29, 1.82) is 0 Å². The average molecular weight is 191 g/mol. The van der Waals surface area contributed by atoms with Crippen LogP contribution >= 0.6 is 0 Å². The van der Waals surface area contributed by atoms with Crippen LogP contribution in [0.5, 0.6) is 0 Å². The Morgan fingerprint density at radius 3 is 3.07 bits per heavy atom. The maximum Gasteiger partial charge on any atom is 0.337 e. The molecule has 0 atom stereocenters. The SMILES string of the molecule is [C-]#[N+]C(=Cn1ccnc1)C(=O)OCC. The van der Waals surface area contributed by atoms with Gasteiger partial charge in [0.25, 0.3) is 5.70 Å². The average Bonchev–Trinajstić information content (AvgIpc) is 2.66. The van der Waals surface area contributed by atoms with E-state index in [0.717, 1.165) is 0 Å². The number of carbonyl (C=O) groups excluding carboxylic acids is 1. The topological polar surface area (TPSA) is 48.5 Å². The molecule has 0 aromatic carbocycles. The fourth-order valence-electron chi connectivity index (χ4n) is 0.819. The van der Waals surface area contributed by atoms with E-state index >= 15 is 0 Å². The summed E-state index contributed by atoms with van der Waals surface area (Å²) < 4.78 is 6.21. The van der Waals surface area contributed by atoms with Crippen molar-refractivity contribution in [2.75, 3.05) is 6.61 Å². The van der Waals surface area contributed by atoms with Crippen LogP contribution in [0.25, 0.3) is 11.0 Å². The van der Waals surface area contributed by atoms with E-state index < -0.39 is 5.97 Å². The van der Waals surface area contributed by atoms with Crippen molar-refractivity contribution in [3.8, 4) is 0 Å². The highest BCUT2D eigenvalue weighted by Crippen LogP contribution is 2.02. The minimum absolute atomic E-state index is 0.0650. The predicted molar refractivity (Wildman–Crippen MR) is 49.7 cm³/mol. The van der Waals surface area contributed by atoms with Crippen LogP contribution in [0.1, 0.15) is 6.92 Å². The summed E-state index contributed by atoms with van der Waals surface area (Å²) in [6.45, 7) is 8.74. The summed E-state index contributed by atoms with van der Waals surface area (Å²) in [4.78, 5) is 18.0. The highest BCUT2D eigenvalue weighted by Gasteiger charge is 2.09. The predicted octanol–water partition coefficient (Wildman–Crippen LogP) is 1.16. The van der Waals surface area contributed by atoms with Gasteiger partial charge in [-0.05, 0) is 6.92 Å². The molecule has 0 saturated carbocycles. The molecule has 0 amide bonds. The molecule has 1 rings (SSSR count). The third kappa shape index (κ3) is 2.45. The Balaban J connectivity index is 2.83. The van der Waals surface area contributed by atoms with Crippen LogP contribution in [0.4, 0.5) is 0 Å². The molecule has 5 nitrogen and oxygen atoms in total. The van der Waals surface area contributed by atoms with Crippen molar-refractivity contribution < 1.29 is 9.53 Å². The number of imidazole rings is 1. The van der Waals surface area contributed by atoms with Crippen molar-refractivity contribution in [1.82, 2.24) is 9.55 Å². The molecule has 1 aromatic rings. The van der Waals surface area contributed by atoms with Gasteiger partial charge >= 0.3 is 5.97 Å². The molecule has 1 heterocycles. The first-order valence-corrected chi connectivity index (χ1v) is 4.01. The van der Waals surface area contributed by atoms with Gasteiger partial charge in [0, 0.05) is 18.6 Å². The first-order chi connectivity index (χ1) is 6.77. The van der Waals surface area contributed by atoms with E-state index in [4.69, 9.17) is 6.57 Å². The first-order valence-electron chi connectivity index (χ1n) is 4.01. The van der Waals surface area contributed by atoms with Gasteiger partial charge in [0.15, 0.2) is 0 Å². The zero-order valence-corrected chi connectivity index (χ0v) is 7.67. The lowest BCUT2D eigenvalue weighted by Gasteiger charge is -1.99. The van der Waals surface area contributed by atoms with E-state index in [1.54, 1.807) is 19.3 Å². The van der Waals surface area contributed by atoms with Gasteiger partial charge in [-0.15, -0.1) is 0 Å². The van der Waals surface area contributed by atoms with E-state index in [1.807, 2.05) is 0 Å². The van der Waals surface area contributed by atoms with E-state index in [0.29, 0.717) is 0 Å². The molecule has 0 aliphatic heterocycles. The Morgan fingerprint density at radius 2 is 2.57 bits per heavy atom. The highest BCUT2D eigenvalue weighted by molar-refractivity contribution is 5.93. The third-order valence-corrected chi connectivity index (χ3v) is 1.40. The summed E-state index contributed by atoms with van der Waals surface area (Å²) in [5.74, 6) is -0.615. The van der Waals surface area contributed by atoms with Gasteiger partial charge < -0.3 is 9.30 Å². The van der Waals surface area contributed by atoms with Gasteiger partial charge in [0.05, 0.1) is 19.5 Å². The fourth-order valence-corrected chi connectivity index (χ4v) is 0.819. The number of carbonyl (C=O) groups is 1. The summed E-state index contributed by atoms with van der Waals surface area (Å²) in [6.07, 6.45) is 6.05. The number of hydrogen-bond acceptors (Lipinski definition) is 3. The number of nitrogens with zero attached hydrogens (tertiary/aromatic N) is 3. The molecule has 0 aliphatic rings. The van der Waals surface area contributed by atoms with Gasteiger partial charge in [-0.25, -0.2) is 9.83 Å². The van der Waals surface area contributed by atoms with Crippen molar-refractivity contribution >= 4 is 12.2 Å². The molecule has 0 N–H and O–H groups in total. The second-order valence-corrected chi connectivity index (χ2v) is 2.36. The van der Waals surface area contributed by atoms with Gasteiger partial charge in [-0.3, -0.25) is 4.79 Å². The van der Waals surface area contributed by atoms with Gasteiger partial charge in [-0.1, -0.05) is 0 Å². The second-order valence-electron chi connectivity index (χ2n) is 2.36. The van der Waals surface area contributed by atoms with Crippen LogP contribution in [0.15, 0.2) is 24.4 Å². The highest BCUT2D eigenvalue weighted by atomic mass is 16.5. The lowest BCUT2D eigenvalue weighted by atomic mass is 10.5. The van der Waals surface area contributed by atoms with Crippen LogP contribution < -0.4 is 0 Å². The number of aromatic nitrogens is 2. The molecule has 72 valence electrons. The molecule has 0 aliphatic carbocycles. The van der Waals surface area contributed by atoms with Crippen molar-refractivity contribution in [3.05, 3.63) is 35.8 Å². The Morgan fingerprint density at radius 1 is 1.79 bits per heavy atom. The minimum atomic E-state index is -0.615. The Labute approximate surface area is 81.4 Å². The van der Waals surface area contributed by atoms with Gasteiger partial charge in [0.2, 0.25) is 0 Å². The fraction of sp³-hybridized carbons (Fsp3) is 0.222. The molecule has 0 spiro atoms. The lowest BCUT2D eigenvalue weighted by molar-refractivity contribution is -0.138. The number of hydrogen-bond donors (Lipinski definition) is 0. The van der Waals surface area contributed by atoms with Crippen LogP contribution in [-0.4, -0.2) is 22.1 Å². The van der Waals surface area contributed by atoms with Crippen LogP contribution in [0.2, 0.25) is 0 Å². The van der Waals surface area contributed by atoms with Gasteiger partial charge in [-0.2, -0.15) is 0 Å². The van der Waals surface area contributed by atoms with Crippen LogP contribution in [0.3, 0.4) is 0 Å². The molecule has 14 heavy (non-hydrogen) atoms. The number of rotatable bonds is 3. The summed E-state index contributed by atoms with van der Waals surface area (Å²) in [5.41, 5.74) is -0.0650. The molecule has 0 radical (unpaired) electrons. The maximum absolute atomic E-state index is 11.2. The van der Waals surface area contributed by atoms with E-state index in [-0.39, 0.29) is 12.3 Å². The molecule has 0 unspecified atom stereocenters. The van der Waals surface area contributed by atoms with Crippen molar-refractivity contribution in [2.24, 2.45) is 0 Å². The Hall–Kier alpha value is -2.09. The zero-order chi connectivity index (χ0) is 10.4. The summed E-state index contributed by atoms with van der Waals surface area (Å²) in [6, 6.07) is 0. The van der Waals surface area contributed by atoms with Gasteiger partial charge in [0.1, 0.15) is 0 Å². The molecule has 0 bridgehead atoms. The second kappa shape index (κ2) is 4.82. The first kappa shape index (κ1) is 9.99. The molecule has 0 saturated heterocycles. The molecule has 0 fully saturated rings. The smallest absolute Gasteiger partial charge is 0.337 e. The number of esters is 1. The van der Waals surface area contributed by atoms with Crippen LogP contribution in [-0.2, 0) is 9.53 Å². The minimum Gasteiger partial charge on any atom is -0.471 e. The van der Waals surface area contributed by atoms with Crippen LogP contribution in [0, 0.1) is 6.57 Å². The lowest BCUT2D eigenvalue weighted by Crippen LogP contribution is -2.05. The van der Waals surface area contributed by atoms with Crippen molar-refractivity contribution in [2.45, 2.75) is 6.92 Å². The Bertz CT molecular complexity index is 373.